The summed E-state index contributed by atoms with van der Waals surface area (Å²) in [6, 6.07) is 6.73. The standard InChI is InChI=1S/C13H20N2/c1-11-5-6-13(12(2)9-11)15-8-4-7-14(3)10-15/h5-6,9H,4,7-8,10H2,1-3H3. The van der Waals surface area contributed by atoms with Gasteiger partial charge >= 0.3 is 0 Å². The molecule has 1 aliphatic heterocycles. The molecule has 2 heteroatoms. The molecule has 1 fully saturated rings. The van der Waals surface area contributed by atoms with Gasteiger partial charge in [-0.3, -0.25) is 4.90 Å². The second kappa shape index (κ2) is 4.23. The lowest BCUT2D eigenvalue weighted by atomic mass is 10.1. The second-order valence-corrected chi connectivity index (χ2v) is 4.63. The van der Waals surface area contributed by atoms with Crippen molar-refractivity contribution < 1.29 is 0 Å². The van der Waals surface area contributed by atoms with E-state index in [1.807, 2.05) is 0 Å². The number of benzene rings is 1. The summed E-state index contributed by atoms with van der Waals surface area (Å²) in [6.07, 6.45) is 1.27. The number of nitrogens with zero attached hydrogens (tertiary/aromatic N) is 2. The van der Waals surface area contributed by atoms with Gasteiger partial charge in [0.25, 0.3) is 0 Å². The highest BCUT2D eigenvalue weighted by atomic mass is 15.3. The topological polar surface area (TPSA) is 6.48 Å². The lowest BCUT2D eigenvalue weighted by Crippen LogP contribution is -2.43. The van der Waals surface area contributed by atoms with E-state index in [9.17, 15) is 0 Å². The van der Waals surface area contributed by atoms with E-state index in [0.717, 1.165) is 6.67 Å². The summed E-state index contributed by atoms with van der Waals surface area (Å²) in [4.78, 5) is 4.85. The minimum atomic E-state index is 1.06. The average Bonchev–Trinajstić information content (AvgIpc) is 2.17. The molecule has 1 saturated heterocycles. The highest BCUT2D eigenvalue weighted by Crippen LogP contribution is 2.23. The maximum atomic E-state index is 2.47. The number of aryl methyl sites for hydroxylation is 2. The molecule has 0 saturated carbocycles. The minimum absolute atomic E-state index is 1.06. The lowest BCUT2D eigenvalue weighted by molar-refractivity contribution is 0.292. The van der Waals surface area contributed by atoms with Crippen molar-refractivity contribution in [3.63, 3.8) is 0 Å². The summed E-state index contributed by atoms with van der Waals surface area (Å²) in [5.74, 6) is 0. The fourth-order valence-corrected chi connectivity index (χ4v) is 2.32. The molecule has 0 N–H and O–H groups in total. The van der Waals surface area contributed by atoms with Crippen LogP contribution in [0.25, 0.3) is 0 Å². The Morgan fingerprint density at radius 3 is 2.60 bits per heavy atom. The third-order valence-corrected chi connectivity index (χ3v) is 3.07. The smallest absolute Gasteiger partial charge is 0.0704 e. The Hall–Kier alpha value is -1.02. The molecule has 0 radical (unpaired) electrons. The Bertz CT molecular complexity index is 346. The maximum absolute atomic E-state index is 2.47. The Kier molecular flexibility index (Phi) is 2.96. The minimum Gasteiger partial charge on any atom is -0.358 e. The molecule has 0 atom stereocenters. The Morgan fingerprint density at radius 2 is 1.93 bits per heavy atom. The summed E-state index contributed by atoms with van der Waals surface area (Å²) >= 11 is 0. The number of hydrogen-bond acceptors (Lipinski definition) is 2. The maximum Gasteiger partial charge on any atom is 0.0704 e. The lowest BCUT2D eigenvalue weighted by Gasteiger charge is -2.35. The molecule has 1 aromatic carbocycles. The van der Waals surface area contributed by atoms with Crippen molar-refractivity contribution in [1.29, 1.82) is 0 Å². The highest BCUT2D eigenvalue weighted by molar-refractivity contribution is 5.54. The van der Waals surface area contributed by atoms with E-state index in [1.54, 1.807) is 0 Å². The molecule has 1 aliphatic rings. The summed E-state index contributed by atoms with van der Waals surface area (Å²) < 4.78 is 0. The van der Waals surface area contributed by atoms with Gasteiger partial charge in [-0.15, -0.1) is 0 Å². The zero-order valence-corrected chi connectivity index (χ0v) is 9.95. The van der Waals surface area contributed by atoms with Crippen molar-refractivity contribution >= 4 is 5.69 Å². The molecular weight excluding hydrogens is 184 g/mol. The van der Waals surface area contributed by atoms with Crippen LogP contribution in [0.5, 0.6) is 0 Å². The van der Waals surface area contributed by atoms with Gasteiger partial charge in [-0.25, -0.2) is 0 Å². The molecule has 1 heterocycles. The van der Waals surface area contributed by atoms with Crippen LogP contribution in [0.1, 0.15) is 17.5 Å². The van der Waals surface area contributed by atoms with Gasteiger partial charge in [-0.1, -0.05) is 17.7 Å². The first-order valence-corrected chi connectivity index (χ1v) is 5.67. The molecular formula is C13H20N2. The second-order valence-electron chi connectivity index (χ2n) is 4.63. The van der Waals surface area contributed by atoms with E-state index in [1.165, 1.54) is 36.3 Å². The van der Waals surface area contributed by atoms with Crippen LogP contribution >= 0.6 is 0 Å². The number of hydrogen-bond donors (Lipinski definition) is 0. The fourth-order valence-electron chi connectivity index (χ4n) is 2.32. The van der Waals surface area contributed by atoms with Crippen molar-refractivity contribution in [2.45, 2.75) is 20.3 Å². The summed E-state index contributed by atoms with van der Waals surface area (Å²) in [7, 11) is 2.19. The van der Waals surface area contributed by atoms with Crippen molar-refractivity contribution in [3.05, 3.63) is 29.3 Å². The van der Waals surface area contributed by atoms with Crippen molar-refractivity contribution in [2.24, 2.45) is 0 Å². The van der Waals surface area contributed by atoms with Crippen LogP contribution in [-0.2, 0) is 0 Å². The first-order chi connectivity index (χ1) is 7.16. The predicted octanol–water partition coefficient (Wildman–Crippen LogP) is 2.40. The largest absolute Gasteiger partial charge is 0.358 e. The molecule has 2 nitrogen and oxygen atoms in total. The Morgan fingerprint density at radius 1 is 1.13 bits per heavy atom. The van der Waals surface area contributed by atoms with E-state index in [-0.39, 0.29) is 0 Å². The van der Waals surface area contributed by atoms with Gasteiger partial charge in [0, 0.05) is 18.8 Å². The molecule has 0 unspecified atom stereocenters. The summed E-state index contributed by atoms with van der Waals surface area (Å²) in [5.41, 5.74) is 4.14. The molecule has 0 aromatic heterocycles. The molecule has 2 rings (SSSR count). The third-order valence-electron chi connectivity index (χ3n) is 3.07. The van der Waals surface area contributed by atoms with E-state index < -0.39 is 0 Å². The molecule has 15 heavy (non-hydrogen) atoms. The van der Waals surface area contributed by atoms with Crippen LogP contribution in [-0.4, -0.2) is 31.7 Å². The SMILES string of the molecule is Cc1ccc(N2CCCN(C)C2)c(C)c1. The monoisotopic (exact) mass is 204 g/mol. The molecule has 1 aromatic rings. The van der Waals surface area contributed by atoms with Crippen LogP contribution in [0.4, 0.5) is 5.69 Å². The van der Waals surface area contributed by atoms with Crippen LogP contribution in [0.15, 0.2) is 18.2 Å². The zero-order valence-electron chi connectivity index (χ0n) is 9.95. The quantitative estimate of drug-likeness (QED) is 0.693. The van der Waals surface area contributed by atoms with Crippen molar-refractivity contribution in [1.82, 2.24) is 4.90 Å². The zero-order chi connectivity index (χ0) is 10.8. The Balaban J connectivity index is 2.21. The van der Waals surface area contributed by atoms with Crippen molar-refractivity contribution in [2.75, 3.05) is 31.7 Å². The van der Waals surface area contributed by atoms with Gasteiger partial charge in [0.15, 0.2) is 0 Å². The van der Waals surface area contributed by atoms with E-state index in [2.05, 4.69) is 48.9 Å². The first kappa shape index (κ1) is 10.5. The van der Waals surface area contributed by atoms with Gasteiger partial charge in [0.2, 0.25) is 0 Å². The first-order valence-electron chi connectivity index (χ1n) is 5.67. The number of rotatable bonds is 1. The third kappa shape index (κ3) is 2.32. The van der Waals surface area contributed by atoms with E-state index in [4.69, 9.17) is 0 Å². The van der Waals surface area contributed by atoms with Crippen molar-refractivity contribution in [3.8, 4) is 0 Å². The Labute approximate surface area is 92.5 Å². The van der Waals surface area contributed by atoms with Crippen LogP contribution in [0.3, 0.4) is 0 Å². The molecule has 0 spiro atoms. The van der Waals surface area contributed by atoms with Crippen LogP contribution in [0, 0.1) is 13.8 Å². The van der Waals surface area contributed by atoms with Gasteiger partial charge < -0.3 is 4.90 Å². The normalized spacial score (nSPS) is 18.2. The fraction of sp³-hybridized carbons (Fsp3) is 0.538. The van der Waals surface area contributed by atoms with Crippen LogP contribution in [0.2, 0.25) is 0 Å². The summed E-state index contributed by atoms with van der Waals surface area (Å²) in [5, 5.41) is 0. The van der Waals surface area contributed by atoms with Gasteiger partial charge in [0.05, 0.1) is 6.67 Å². The number of anilines is 1. The van der Waals surface area contributed by atoms with Gasteiger partial charge in [-0.2, -0.15) is 0 Å². The molecule has 0 amide bonds. The highest BCUT2D eigenvalue weighted by Gasteiger charge is 2.15. The average molecular weight is 204 g/mol. The predicted molar refractivity (Wildman–Crippen MR) is 65.4 cm³/mol. The van der Waals surface area contributed by atoms with E-state index >= 15 is 0 Å². The van der Waals surface area contributed by atoms with Gasteiger partial charge in [0.1, 0.15) is 0 Å². The molecule has 82 valence electrons. The van der Waals surface area contributed by atoms with Crippen LogP contribution < -0.4 is 4.90 Å². The summed E-state index contributed by atoms with van der Waals surface area (Å²) in [6.45, 7) is 7.83. The molecule has 0 bridgehead atoms. The molecule has 0 aliphatic carbocycles. The van der Waals surface area contributed by atoms with E-state index in [0.29, 0.717) is 0 Å². The van der Waals surface area contributed by atoms with Gasteiger partial charge in [-0.05, 0) is 38.9 Å².